The molecule has 140 valence electrons. The molecule has 1 atom stereocenters. The summed E-state index contributed by atoms with van der Waals surface area (Å²) in [6, 6.07) is 16.6. The van der Waals surface area contributed by atoms with Crippen LogP contribution >= 0.6 is 11.8 Å². The van der Waals surface area contributed by atoms with E-state index < -0.39 is 0 Å². The van der Waals surface area contributed by atoms with Crippen LogP contribution in [0, 0.1) is 11.3 Å². The number of allylic oxidation sites excluding steroid dienone is 1. The van der Waals surface area contributed by atoms with Crippen LogP contribution in [0.2, 0.25) is 0 Å². The molecule has 2 aliphatic heterocycles. The number of carbonyl (C=O) groups is 2. The third-order valence-electron chi connectivity index (χ3n) is 4.60. The lowest BCUT2D eigenvalue weighted by atomic mass is 9.87. The maximum absolute atomic E-state index is 12.4. The fraction of sp³-hybridized carbons (Fsp3) is 0.190. The standard InChI is InChI=1S/C21H16N2O4S/c22-10-16-15(14-6-7-18-19(8-14)27-12-26-18)9-20(25)23-21(16)28-11-17(24)13-4-2-1-3-5-13/h1-8,15H,9,11-12H2,(H,23,25)/t15-/m1/s1. The van der Waals surface area contributed by atoms with Crippen LogP contribution in [0.25, 0.3) is 0 Å². The van der Waals surface area contributed by atoms with Gasteiger partial charge in [-0.3, -0.25) is 9.59 Å². The summed E-state index contributed by atoms with van der Waals surface area (Å²) in [6.07, 6.45) is 0.166. The molecule has 6 nitrogen and oxygen atoms in total. The molecule has 1 N–H and O–H groups in total. The summed E-state index contributed by atoms with van der Waals surface area (Å²) in [5.41, 5.74) is 1.86. The van der Waals surface area contributed by atoms with E-state index in [1.807, 2.05) is 12.1 Å². The van der Waals surface area contributed by atoms with Crippen LogP contribution in [0.5, 0.6) is 11.5 Å². The molecule has 0 aromatic heterocycles. The molecule has 2 aliphatic rings. The molecule has 2 heterocycles. The number of amides is 1. The highest BCUT2D eigenvalue weighted by Crippen LogP contribution is 2.40. The van der Waals surface area contributed by atoms with Crippen LogP contribution in [0.1, 0.15) is 28.3 Å². The smallest absolute Gasteiger partial charge is 0.231 e. The zero-order valence-electron chi connectivity index (χ0n) is 14.8. The largest absolute Gasteiger partial charge is 0.454 e. The van der Waals surface area contributed by atoms with E-state index in [4.69, 9.17) is 9.47 Å². The van der Waals surface area contributed by atoms with Gasteiger partial charge in [0, 0.05) is 17.9 Å². The van der Waals surface area contributed by atoms with Crippen molar-refractivity contribution in [2.24, 2.45) is 0 Å². The van der Waals surface area contributed by atoms with E-state index >= 15 is 0 Å². The minimum Gasteiger partial charge on any atom is -0.454 e. The van der Waals surface area contributed by atoms with Gasteiger partial charge in [0.1, 0.15) is 0 Å². The zero-order chi connectivity index (χ0) is 19.5. The van der Waals surface area contributed by atoms with Crippen molar-refractivity contribution in [2.75, 3.05) is 12.5 Å². The van der Waals surface area contributed by atoms with Gasteiger partial charge in [-0.2, -0.15) is 5.26 Å². The fourth-order valence-electron chi connectivity index (χ4n) is 3.19. The van der Waals surface area contributed by atoms with E-state index in [1.54, 1.807) is 36.4 Å². The van der Waals surface area contributed by atoms with Crippen molar-refractivity contribution >= 4 is 23.5 Å². The molecule has 7 heteroatoms. The molecule has 0 saturated heterocycles. The van der Waals surface area contributed by atoms with E-state index in [0.717, 1.165) is 5.56 Å². The second-order valence-corrected chi connectivity index (χ2v) is 7.34. The topological polar surface area (TPSA) is 88.4 Å². The molecule has 0 radical (unpaired) electrons. The lowest BCUT2D eigenvalue weighted by Gasteiger charge is -2.25. The van der Waals surface area contributed by atoms with Crippen molar-refractivity contribution in [3.05, 3.63) is 70.3 Å². The van der Waals surface area contributed by atoms with Gasteiger partial charge in [0.2, 0.25) is 12.7 Å². The van der Waals surface area contributed by atoms with Gasteiger partial charge in [-0.1, -0.05) is 48.2 Å². The molecule has 0 saturated carbocycles. The van der Waals surface area contributed by atoms with Crippen molar-refractivity contribution in [1.29, 1.82) is 5.26 Å². The molecule has 0 fully saturated rings. The summed E-state index contributed by atoms with van der Waals surface area (Å²) < 4.78 is 10.7. The van der Waals surface area contributed by atoms with Crippen LogP contribution in [0.15, 0.2) is 59.1 Å². The minimum absolute atomic E-state index is 0.0603. The Morgan fingerprint density at radius 3 is 2.75 bits per heavy atom. The lowest BCUT2D eigenvalue weighted by Crippen LogP contribution is -2.31. The van der Waals surface area contributed by atoms with Crippen molar-refractivity contribution in [3.63, 3.8) is 0 Å². The van der Waals surface area contributed by atoms with Crippen LogP contribution in [-0.4, -0.2) is 24.2 Å². The number of carbonyl (C=O) groups excluding carboxylic acids is 2. The Balaban J connectivity index is 1.59. The van der Waals surface area contributed by atoms with Gasteiger partial charge in [0.25, 0.3) is 0 Å². The summed E-state index contributed by atoms with van der Waals surface area (Å²) in [6.45, 7) is 0.160. The normalized spacial score (nSPS) is 17.8. The zero-order valence-corrected chi connectivity index (χ0v) is 15.6. The highest BCUT2D eigenvalue weighted by molar-refractivity contribution is 8.03. The molecule has 2 aromatic rings. The number of nitrogens with one attached hydrogen (secondary N) is 1. The Bertz CT molecular complexity index is 1010. The predicted octanol–water partition coefficient (Wildman–Crippen LogP) is 3.37. The monoisotopic (exact) mass is 392 g/mol. The van der Waals surface area contributed by atoms with Gasteiger partial charge >= 0.3 is 0 Å². The van der Waals surface area contributed by atoms with E-state index in [0.29, 0.717) is 27.7 Å². The SMILES string of the molecule is N#CC1=C(SCC(=O)c2ccccc2)NC(=O)C[C@@H]1c1ccc2c(c1)OCO2. The molecular formula is C21H16N2O4S. The number of nitrogens with zero attached hydrogens (tertiary/aromatic N) is 1. The van der Waals surface area contributed by atoms with Crippen molar-refractivity contribution in [1.82, 2.24) is 5.32 Å². The number of hydrogen-bond donors (Lipinski definition) is 1. The van der Waals surface area contributed by atoms with Gasteiger partial charge in [0.05, 0.1) is 22.4 Å². The maximum atomic E-state index is 12.4. The first-order chi connectivity index (χ1) is 13.7. The summed E-state index contributed by atoms with van der Waals surface area (Å²) in [5.74, 6) is 0.760. The molecule has 28 heavy (non-hydrogen) atoms. The maximum Gasteiger partial charge on any atom is 0.231 e. The number of hydrogen-bond acceptors (Lipinski definition) is 6. The van der Waals surface area contributed by atoms with E-state index in [1.165, 1.54) is 11.8 Å². The number of ketones is 1. The first-order valence-corrected chi connectivity index (χ1v) is 9.69. The summed E-state index contributed by atoms with van der Waals surface area (Å²) in [5, 5.41) is 12.9. The molecule has 1 amide bonds. The first-order valence-electron chi connectivity index (χ1n) is 8.70. The van der Waals surface area contributed by atoms with Crippen molar-refractivity contribution in [3.8, 4) is 17.6 Å². The van der Waals surface area contributed by atoms with Gasteiger partial charge in [-0.05, 0) is 17.7 Å². The highest BCUT2D eigenvalue weighted by Gasteiger charge is 2.31. The molecular weight excluding hydrogens is 376 g/mol. The van der Waals surface area contributed by atoms with Crippen LogP contribution in [0.3, 0.4) is 0 Å². The van der Waals surface area contributed by atoms with Crippen LogP contribution in [0.4, 0.5) is 0 Å². The van der Waals surface area contributed by atoms with E-state index in [-0.39, 0.29) is 36.6 Å². The molecule has 4 rings (SSSR count). The van der Waals surface area contributed by atoms with Gasteiger partial charge < -0.3 is 14.8 Å². The van der Waals surface area contributed by atoms with Crippen LogP contribution < -0.4 is 14.8 Å². The second kappa shape index (κ2) is 7.79. The Morgan fingerprint density at radius 2 is 1.96 bits per heavy atom. The molecule has 2 aromatic carbocycles. The lowest BCUT2D eigenvalue weighted by molar-refractivity contribution is -0.120. The number of Topliss-reactive ketones (excluding diaryl/α,β-unsaturated/α-hetero) is 1. The predicted molar refractivity (Wildman–Crippen MR) is 104 cm³/mol. The van der Waals surface area contributed by atoms with E-state index in [2.05, 4.69) is 11.4 Å². The third kappa shape index (κ3) is 3.59. The fourth-order valence-corrected chi connectivity index (χ4v) is 4.16. The second-order valence-electron chi connectivity index (χ2n) is 6.35. The summed E-state index contributed by atoms with van der Waals surface area (Å²) in [7, 11) is 0. The minimum atomic E-state index is -0.387. The van der Waals surface area contributed by atoms with Gasteiger partial charge in [-0.25, -0.2) is 0 Å². The quantitative estimate of drug-likeness (QED) is 0.785. The third-order valence-corrected chi connectivity index (χ3v) is 5.62. The number of rotatable bonds is 5. The van der Waals surface area contributed by atoms with Crippen molar-refractivity contribution in [2.45, 2.75) is 12.3 Å². The molecule has 0 bridgehead atoms. The summed E-state index contributed by atoms with van der Waals surface area (Å²) >= 11 is 1.18. The number of benzene rings is 2. The average molecular weight is 392 g/mol. The summed E-state index contributed by atoms with van der Waals surface area (Å²) in [4.78, 5) is 24.6. The number of thioether (sulfide) groups is 1. The highest BCUT2D eigenvalue weighted by atomic mass is 32.2. The Kier molecular flexibility index (Phi) is 5.04. The Labute approximate surface area is 166 Å². The van der Waals surface area contributed by atoms with E-state index in [9.17, 15) is 14.9 Å². The van der Waals surface area contributed by atoms with Gasteiger partial charge in [0.15, 0.2) is 17.3 Å². The van der Waals surface area contributed by atoms with Gasteiger partial charge in [-0.15, -0.1) is 0 Å². The van der Waals surface area contributed by atoms with Crippen LogP contribution in [-0.2, 0) is 4.79 Å². The Morgan fingerprint density at radius 1 is 1.18 bits per heavy atom. The number of nitriles is 1. The first kappa shape index (κ1) is 18.1. The average Bonchev–Trinajstić information content (AvgIpc) is 3.20. The number of ether oxygens (including phenoxy) is 2. The number of fused-ring (bicyclic) bond motifs is 1. The van der Waals surface area contributed by atoms with Crippen molar-refractivity contribution < 1.29 is 19.1 Å². The molecule has 0 spiro atoms. The Hall–Kier alpha value is -3.24. The molecule has 0 unspecified atom stereocenters. The molecule has 0 aliphatic carbocycles.